The Morgan fingerprint density at radius 1 is 1.21 bits per heavy atom. The van der Waals surface area contributed by atoms with Crippen LogP contribution in [0.3, 0.4) is 0 Å². The van der Waals surface area contributed by atoms with Crippen molar-refractivity contribution in [2.45, 2.75) is 64.8 Å². The van der Waals surface area contributed by atoms with E-state index in [1.807, 2.05) is 19.9 Å². The van der Waals surface area contributed by atoms with Gasteiger partial charge in [0, 0.05) is 34.1 Å². The van der Waals surface area contributed by atoms with Gasteiger partial charge in [0.1, 0.15) is 6.61 Å². The number of esters is 1. The number of fused-ring (bicyclic) bond motifs is 7. The third-order valence-electron chi connectivity index (χ3n) is 8.33. The molecule has 4 aliphatic rings. The number of cyclic esters (lactones) is 1. The van der Waals surface area contributed by atoms with Crippen molar-refractivity contribution in [3.63, 3.8) is 0 Å². The van der Waals surface area contributed by atoms with Crippen LogP contribution in [0.5, 0.6) is 11.5 Å². The van der Waals surface area contributed by atoms with Crippen molar-refractivity contribution < 1.29 is 28.9 Å². The van der Waals surface area contributed by atoms with Crippen LogP contribution < -0.4 is 20.3 Å². The molecule has 3 aliphatic heterocycles. The van der Waals surface area contributed by atoms with Gasteiger partial charge in [-0.15, -0.1) is 0 Å². The zero-order valence-corrected chi connectivity index (χ0v) is 21.3. The molecular formula is C28H27N3O7. The SMILES string of the molecule is CC[C@@]1(O)C(=O)OCc2c1cc1n(c2=O)Cc2c-1nc1cc3c(c4c1c2[C@H](NC(=O)C(C)C)CC4)OCO3. The molecule has 1 amide bonds. The molecule has 3 aromatic rings. The highest BCUT2D eigenvalue weighted by Gasteiger charge is 2.46. The van der Waals surface area contributed by atoms with Crippen molar-refractivity contribution in [3.05, 3.63) is 50.3 Å². The Hall–Kier alpha value is -3.92. The number of carbonyl (C=O) groups is 2. The summed E-state index contributed by atoms with van der Waals surface area (Å²) in [6.45, 7) is 5.60. The van der Waals surface area contributed by atoms with Crippen LogP contribution in [0.4, 0.5) is 0 Å². The first kappa shape index (κ1) is 23.2. The van der Waals surface area contributed by atoms with Gasteiger partial charge in [-0.3, -0.25) is 9.59 Å². The molecule has 0 radical (unpaired) electrons. The van der Waals surface area contributed by atoms with Gasteiger partial charge in [-0.05, 0) is 30.9 Å². The van der Waals surface area contributed by atoms with Crippen LogP contribution in [0.15, 0.2) is 16.9 Å². The van der Waals surface area contributed by atoms with Gasteiger partial charge < -0.3 is 29.2 Å². The predicted molar refractivity (Wildman–Crippen MR) is 135 cm³/mol. The highest BCUT2D eigenvalue weighted by atomic mass is 16.7. The average molecular weight is 518 g/mol. The van der Waals surface area contributed by atoms with Crippen LogP contribution in [-0.4, -0.2) is 33.3 Å². The van der Waals surface area contributed by atoms with E-state index in [1.54, 1.807) is 17.6 Å². The van der Waals surface area contributed by atoms with Crippen LogP contribution in [0.25, 0.3) is 22.3 Å². The molecule has 1 aliphatic carbocycles. The van der Waals surface area contributed by atoms with Crippen molar-refractivity contribution in [1.82, 2.24) is 14.9 Å². The lowest BCUT2D eigenvalue weighted by atomic mass is 9.82. The summed E-state index contributed by atoms with van der Waals surface area (Å²) in [6, 6.07) is 3.28. The van der Waals surface area contributed by atoms with Gasteiger partial charge in [0.2, 0.25) is 12.7 Å². The summed E-state index contributed by atoms with van der Waals surface area (Å²) in [5.74, 6) is 0.338. The van der Waals surface area contributed by atoms with Gasteiger partial charge in [-0.1, -0.05) is 20.8 Å². The van der Waals surface area contributed by atoms with Crippen molar-refractivity contribution >= 4 is 22.8 Å². The predicted octanol–water partition coefficient (Wildman–Crippen LogP) is 2.57. The van der Waals surface area contributed by atoms with E-state index >= 15 is 0 Å². The van der Waals surface area contributed by atoms with E-state index < -0.39 is 11.6 Å². The van der Waals surface area contributed by atoms with Crippen molar-refractivity contribution in [1.29, 1.82) is 0 Å². The molecule has 5 heterocycles. The molecule has 2 aromatic heterocycles. The first-order valence-corrected chi connectivity index (χ1v) is 13.0. The van der Waals surface area contributed by atoms with E-state index in [9.17, 15) is 19.5 Å². The highest BCUT2D eigenvalue weighted by Crippen LogP contribution is 2.50. The normalized spacial score (nSPS) is 22.2. The van der Waals surface area contributed by atoms with Crippen LogP contribution in [0.1, 0.15) is 67.5 Å². The minimum atomic E-state index is -1.90. The Morgan fingerprint density at radius 3 is 2.79 bits per heavy atom. The minimum absolute atomic E-state index is 0.0512. The van der Waals surface area contributed by atoms with Gasteiger partial charge in [-0.2, -0.15) is 0 Å². The quantitative estimate of drug-likeness (QED) is 0.397. The second-order valence-electron chi connectivity index (χ2n) is 10.7. The van der Waals surface area contributed by atoms with Crippen molar-refractivity contribution in [3.8, 4) is 22.9 Å². The summed E-state index contributed by atoms with van der Waals surface area (Å²) in [4.78, 5) is 44.0. The molecule has 7 rings (SSSR count). The first-order valence-electron chi connectivity index (χ1n) is 13.0. The Labute approximate surface area is 217 Å². The highest BCUT2D eigenvalue weighted by molar-refractivity contribution is 5.96. The largest absolute Gasteiger partial charge is 0.458 e. The molecule has 196 valence electrons. The Balaban J connectivity index is 1.51. The lowest BCUT2D eigenvalue weighted by Gasteiger charge is -2.31. The minimum Gasteiger partial charge on any atom is -0.458 e. The van der Waals surface area contributed by atoms with Crippen molar-refractivity contribution in [2.24, 2.45) is 5.92 Å². The maximum absolute atomic E-state index is 13.7. The fourth-order valence-corrected chi connectivity index (χ4v) is 6.27. The van der Waals surface area contributed by atoms with Crippen LogP contribution in [0, 0.1) is 5.92 Å². The summed E-state index contributed by atoms with van der Waals surface area (Å²) in [5.41, 5.74) is 2.91. The molecule has 0 spiro atoms. The average Bonchev–Trinajstić information content (AvgIpc) is 3.52. The Kier molecular flexibility index (Phi) is 4.76. The second-order valence-corrected chi connectivity index (χ2v) is 10.7. The van der Waals surface area contributed by atoms with E-state index in [0.29, 0.717) is 41.2 Å². The van der Waals surface area contributed by atoms with Gasteiger partial charge in [0.05, 0.1) is 35.1 Å². The molecule has 0 unspecified atom stereocenters. The number of amides is 1. The van der Waals surface area contributed by atoms with Gasteiger partial charge in [-0.25, -0.2) is 9.78 Å². The Morgan fingerprint density at radius 2 is 2.03 bits per heavy atom. The number of rotatable bonds is 3. The maximum Gasteiger partial charge on any atom is 0.343 e. The van der Waals surface area contributed by atoms with E-state index in [1.165, 1.54) is 0 Å². The number of hydrogen-bond donors (Lipinski definition) is 2. The monoisotopic (exact) mass is 517 g/mol. The first-order chi connectivity index (χ1) is 18.2. The topological polar surface area (TPSA) is 129 Å². The van der Waals surface area contributed by atoms with Gasteiger partial charge in [0.25, 0.3) is 5.56 Å². The molecule has 0 fully saturated rings. The zero-order chi connectivity index (χ0) is 26.5. The molecule has 38 heavy (non-hydrogen) atoms. The van der Waals surface area contributed by atoms with E-state index in [0.717, 1.165) is 22.1 Å². The molecule has 10 heteroatoms. The lowest BCUT2D eigenvalue weighted by Crippen LogP contribution is -2.44. The molecule has 0 saturated heterocycles. The lowest BCUT2D eigenvalue weighted by molar-refractivity contribution is -0.172. The molecule has 10 nitrogen and oxygen atoms in total. The number of benzene rings is 1. The molecule has 0 bridgehead atoms. The van der Waals surface area contributed by atoms with Crippen LogP contribution in [0.2, 0.25) is 0 Å². The van der Waals surface area contributed by atoms with E-state index in [4.69, 9.17) is 19.2 Å². The van der Waals surface area contributed by atoms with Crippen LogP contribution in [-0.2, 0) is 39.5 Å². The number of nitrogens with zero attached hydrogens (tertiary/aromatic N) is 2. The molecule has 0 saturated carbocycles. The number of ether oxygens (including phenoxy) is 3. The number of nitrogens with one attached hydrogen (secondary N) is 1. The summed E-state index contributed by atoms with van der Waals surface area (Å²) >= 11 is 0. The van der Waals surface area contributed by atoms with E-state index in [-0.39, 0.29) is 60.9 Å². The zero-order valence-electron chi connectivity index (χ0n) is 21.3. The molecular weight excluding hydrogens is 490 g/mol. The molecule has 1 aromatic carbocycles. The fourth-order valence-electron chi connectivity index (χ4n) is 6.27. The number of pyridine rings is 2. The summed E-state index contributed by atoms with van der Waals surface area (Å²) in [6.07, 6.45) is 1.42. The number of carbonyl (C=O) groups excluding carboxylic acids is 2. The van der Waals surface area contributed by atoms with Gasteiger partial charge >= 0.3 is 5.97 Å². The standard InChI is InChI=1S/C28H27N3O7/c1-4-28(35)16-7-19-23-14(9-31(19)26(33)15(16)10-36-27(28)34)22-17(30-25(32)12(2)3)6-5-13-21(22)18(29-23)8-20-24(13)38-11-37-20/h7-8,12,17,35H,4-6,9-11H2,1-3H3,(H,30,32)/t17-,28+/m1/s1. The summed E-state index contributed by atoms with van der Waals surface area (Å²) in [5, 5.41) is 15.3. The molecule has 2 atom stereocenters. The third-order valence-corrected chi connectivity index (χ3v) is 8.33. The smallest absolute Gasteiger partial charge is 0.343 e. The van der Waals surface area contributed by atoms with Crippen LogP contribution >= 0.6 is 0 Å². The second kappa shape index (κ2) is 7.80. The number of aryl methyl sites for hydroxylation is 1. The maximum atomic E-state index is 13.7. The third kappa shape index (κ3) is 2.92. The summed E-state index contributed by atoms with van der Waals surface area (Å²) in [7, 11) is 0. The molecule has 2 N–H and O–H groups in total. The Bertz CT molecular complexity index is 1660. The van der Waals surface area contributed by atoms with Gasteiger partial charge in [0.15, 0.2) is 17.1 Å². The number of aromatic nitrogens is 2. The summed E-state index contributed by atoms with van der Waals surface area (Å²) < 4.78 is 18.3. The number of aliphatic hydroxyl groups is 1. The van der Waals surface area contributed by atoms with Crippen molar-refractivity contribution in [2.75, 3.05) is 6.79 Å². The van der Waals surface area contributed by atoms with E-state index in [2.05, 4.69) is 5.32 Å². The fraction of sp³-hybridized carbons (Fsp3) is 0.429. The number of hydrogen-bond acceptors (Lipinski definition) is 8.